The lowest BCUT2D eigenvalue weighted by Crippen LogP contribution is -2.17. The molecule has 158 valence electrons. The summed E-state index contributed by atoms with van der Waals surface area (Å²) in [4.78, 5) is 25.3. The molecular formula is C25H25N3O3. The van der Waals surface area contributed by atoms with Crippen LogP contribution in [0.2, 0.25) is 0 Å². The summed E-state index contributed by atoms with van der Waals surface area (Å²) < 4.78 is 5.02. The predicted octanol–water partition coefficient (Wildman–Crippen LogP) is 3.83. The smallest absolute Gasteiger partial charge is 0.255 e. The number of nitrogens with one attached hydrogen (secondary N) is 3. The highest BCUT2D eigenvalue weighted by Crippen LogP contribution is 2.29. The molecule has 0 saturated carbocycles. The molecule has 0 bridgehead atoms. The largest absolute Gasteiger partial charge is 0.383 e. The first kappa shape index (κ1) is 20.6. The van der Waals surface area contributed by atoms with Crippen LogP contribution < -0.4 is 16.0 Å². The van der Waals surface area contributed by atoms with Gasteiger partial charge in [0.25, 0.3) is 11.8 Å². The number of benzene rings is 3. The van der Waals surface area contributed by atoms with Gasteiger partial charge in [0.05, 0.1) is 17.9 Å². The van der Waals surface area contributed by atoms with Crippen molar-refractivity contribution in [1.82, 2.24) is 5.32 Å². The number of anilines is 2. The predicted molar refractivity (Wildman–Crippen MR) is 122 cm³/mol. The fraction of sp³-hybridized carbons (Fsp3) is 0.200. The number of methoxy groups -OCH3 is 1. The van der Waals surface area contributed by atoms with Crippen molar-refractivity contribution in [2.45, 2.75) is 13.0 Å². The van der Waals surface area contributed by atoms with Gasteiger partial charge in [-0.3, -0.25) is 9.59 Å². The van der Waals surface area contributed by atoms with Gasteiger partial charge >= 0.3 is 0 Å². The Kier molecular flexibility index (Phi) is 6.29. The van der Waals surface area contributed by atoms with Gasteiger partial charge in [0.15, 0.2) is 0 Å². The summed E-state index contributed by atoms with van der Waals surface area (Å²) in [6, 6.07) is 21.2. The second-order valence-corrected chi connectivity index (χ2v) is 7.42. The second kappa shape index (κ2) is 9.45. The van der Waals surface area contributed by atoms with E-state index in [1.54, 1.807) is 19.2 Å². The molecule has 3 aromatic carbocycles. The summed E-state index contributed by atoms with van der Waals surface area (Å²) in [6.45, 7) is 1.77. The molecule has 0 aliphatic carbocycles. The average Bonchev–Trinajstić information content (AvgIpc) is 3.19. The van der Waals surface area contributed by atoms with Crippen LogP contribution in [0.25, 0.3) is 0 Å². The average molecular weight is 415 g/mol. The summed E-state index contributed by atoms with van der Waals surface area (Å²) in [5.74, 6) is -0.404. The SMILES string of the molecule is COCCNc1ccc(C(=O)Nc2ccc(Cc3ccccc3)c3c2C(=O)NC3)cc1. The van der Waals surface area contributed by atoms with E-state index in [-0.39, 0.29) is 11.8 Å². The molecule has 0 atom stereocenters. The summed E-state index contributed by atoms with van der Waals surface area (Å²) in [5, 5.41) is 9.02. The van der Waals surface area contributed by atoms with Gasteiger partial charge in [-0.2, -0.15) is 0 Å². The number of fused-ring (bicyclic) bond motifs is 1. The first-order valence-electron chi connectivity index (χ1n) is 10.3. The van der Waals surface area contributed by atoms with Crippen LogP contribution in [0.4, 0.5) is 11.4 Å². The minimum Gasteiger partial charge on any atom is -0.383 e. The minimum atomic E-state index is -0.249. The minimum absolute atomic E-state index is 0.155. The molecular weight excluding hydrogens is 390 g/mol. The van der Waals surface area contributed by atoms with Crippen molar-refractivity contribution in [3.05, 3.63) is 94.5 Å². The zero-order valence-corrected chi connectivity index (χ0v) is 17.4. The van der Waals surface area contributed by atoms with Crippen molar-refractivity contribution in [2.24, 2.45) is 0 Å². The normalized spacial score (nSPS) is 12.2. The summed E-state index contributed by atoms with van der Waals surface area (Å²) in [5.41, 5.74) is 5.75. The monoisotopic (exact) mass is 415 g/mol. The van der Waals surface area contributed by atoms with E-state index in [1.807, 2.05) is 42.5 Å². The molecule has 1 aliphatic heterocycles. The van der Waals surface area contributed by atoms with Gasteiger partial charge in [-0.05, 0) is 53.4 Å². The quantitative estimate of drug-likeness (QED) is 0.489. The van der Waals surface area contributed by atoms with Crippen LogP contribution >= 0.6 is 0 Å². The van der Waals surface area contributed by atoms with E-state index in [1.165, 1.54) is 5.56 Å². The van der Waals surface area contributed by atoms with E-state index >= 15 is 0 Å². The van der Waals surface area contributed by atoms with Crippen molar-refractivity contribution >= 4 is 23.2 Å². The van der Waals surface area contributed by atoms with E-state index < -0.39 is 0 Å². The van der Waals surface area contributed by atoms with Gasteiger partial charge in [-0.1, -0.05) is 36.4 Å². The molecule has 4 rings (SSSR count). The van der Waals surface area contributed by atoms with E-state index in [4.69, 9.17) is 4.74 Å². The fourth-order valence-electron chi connectivity index (χ4n) is 3.73. The highest BCUT2D eigenvalue weighted by atomic mass is 16.5. The maximum atomic E-state index is 12.8. The number of hydrogen-bond acceptors (Lipinski definition) is 4. The number of carbonyl (C=O) groups excluding carboxylic acids is 2. The maximum Gasteiger partial charge on any atom is 0.255 e. The lowest BCUT2D eigenvalue weighted by molar-refractivity contribution is 0.0966. The van der Waals surface area contributed by atoms with Crippen LogP contribution in [-0.2, 0) is 17.7 Å². The van der Waals surface area contributed by atoms with Gasteiger partial charge in [0.1, 0.15) is 0 Å². The van der Waals surface area contributed by atoms with Crippen LogP contribution in [0.15, 0.2) is 66.7 Å². The Hall–Kier alpha value is -3.64. The number of carbonyl (C=O) groups is 2. The van der Waals surface area contributed by atoms with Crippen LogP contribution in [0.1, 0.15) is 37.4 Å². The van der Waals surface area contributed by atoms with Gasteiger partial charge in [-0.25, -0.2) is 0 Å². The Morgan fingerprint density at radius 3 is 2.55 bits per heavy atom. The molecule has 1 heterocycles. The highest BCUT2D eigenvalue weighted by molar-refractivity contribution is 6.10. The molecule has 31 heavy (non-hydrogen) atoms. The standard InChI is InChI=1S/C25H25N3O3/c1-31-14-13-26-20-10-7-18(8-11-20)24(29)28-22-12-9-19(15-17-5-3-2-4-6-17)21-16-27-25(30)23(21)22/h2-12,26H,13-16H2,1H3,(H,27,30)(H,28,29). The molecule has 6 nitrogen and oxygen atoms in total. The zero-order chi connectivity index (χ0) is 21.6. The number of hydrogen-bond donors (Lipinski definition) is 3. The van der Waals surface area contributed by atoms with E-state index in [0.717, 1.165) is 23.2 Å². The fourth-order valence-corrected chi connectivity index (χ4v) is 3.73. The number of rotatable bonds is 8. The maximum absolute atomic E-state index is 12.8. The molecule has 0 fully saturated rings. The Morgan fingerprint density at radius 1 is 1.03 bits per heavy atom. The van der Waals surface area contributed by atoms with E-state index in [2.05, 4.69) is 28.1 Å². The first-order chi connectivity index (χ1) is 15.2. The summed E-state index contributed by atoms with van der Waals surface area (Å²) in [6.07, 6.45) is 0.740. The zero-order valence-electron chi connectivity index (χ0n) is 17.4. The first-order valence-corrected chi connectivity index (χ1v) is 10.3. The Labute approximate surface area is 181 Å². The van der Waals surface area contributed by atoms with Gasteiger partial charge in [0, 0.05) is 31.5 Å². The Bertz CT molecular complexity index is 1080. The third-order valence-corrected chi connectivity index (χ3v) is 5.33. The lowest BCUT2D eigenvalue weighted by Gasteiger charge is -2.13. The van der Waals surface area contributed by atoms with Crippen molar-refractivity contribution in [3.8, 4) is 0 Å². The van der Waals surface area contributed by atoms with E-state index in [0.29, 0.717) is 36.5 Å². The third-order valence-electron chi connectivity index (χ3n) is 5.33. The molecule has 0 radical (unpaired) electrons. The molecule has 0 spiro atoms. The molecule has 1 aliphatic rings. The molecule has 0 aromatic heterocycles. The third kappa shape index (κ3) is 4.75. The van der Waals surface area contributed by atoms with Gasteiger partial charge in [0.2, 0.25) is 0 Å². The van der Waals surface area contributed by atoms with Crippen LogP contribution in [0.5, 0.6) is 0 Å². The van der Waals surface area contributed by atoms with Crippen LogP contribution in [-0.4, -0.2) is 32.1 Å². The molecule has 0 unspecified atom stereocenters. The lowest BCUT2D eigenvalue weighted by atomic mass is 9.96. The Balaban J connectivity index is 1.51. The van der Waals surface area contributed by atoms with Crippen molar-refractivity contribution in [1.29, 1.82) is 0 Å². The van der Waals surface area contributed by atoms with Crippen LogP contribution in [0.3, 0.4) is 0 Å². The van der Waals surface area contributed by atoms with Gasteiger partial charge in [-0.15, -0.1) is 0 Å². The molecule has 3 aromatic rings. The summed E-state index contributed by atoms with van der Waals surface area (Å²) >= 11 is 0. The topological polar surface area (TPSA) is 79.5 Å². The van der Waals surface area contributed by atoms with Gasteiger partial charge < -0.3 is 20.7 Å². The van der Waals surface area contributed by atoms with E-state index in [9.17, 15) is 9.59 Å². The Morgan fingerprint density at radius 2 is 1.81 bits per heavy atom. The molecule has 6 heteroatoms. The second-order valence-electron chi connectivity index (χ2n) is 7.42. The van der Waals surface area contributed by atoms with Crippen molar-refractivity contribution in [3.63, 3.8) is 0 Å². The molecule has 3 N–H and O–H groups in total. The van der Waals surface area contributed by atoms with Crippen molar-refractivity contribution < 1.29 is 14.3 Å². The number of ether oxygens (including phenoxy) is 1. The van der Waals surface area contributed by atoms with Crippen molar-refractivity contribution in [2.75, 3.05) is 30.9 Å². The molecule has 2 amide bonds. The summed E-state index contributed by atoms with van der Waals surface area (Å²) in [7, 11) is 1.65. The molecule has 0 saturated heterocycles. The highest BCUT2D eigenvalue weighted by Gasteiger charge is 2.26. The van der Waals surface area contributed by atoms with Crippen LogP contribution in [0, 0.1) is 0 Å². The number of amides is 2.